The molecule has 0 atom stereocenters. The van der Waals surface area contributed by atoms with Crippen molar-refractivity contribution in [3.05, 3.63) is 29.8 Å². The lowest BCUT2D eigenvalue weighted by Gasteiger charge is -2.28. The van der Waals surface area contributed by atoms with Gasteiger partial charge in [-0.25, -0.2) is 0 Å². The molecule has 1 aromatic carbocycles. The summed E-state index contributed by atoms with van der Waals surface area (Å²) < 4.78 is 11.5. The molecule has 0 aliphatic carbocycles. The lowest BCUT2D eigenvalue weighted by atomic mass is 9.90. The summed E-state index contributed by atoms with van der Waals surface area (Å²) in [6.45, 7) is 10.1. The van der Waals surface area contributed by atoms with Gasteiger partial charge in [0.1, 0.15) is 11.2 Å². The van der Waals surface area contributed by atoms with Gasteiger partial charge in [-0.2, -0.15) is 4.99 Å². The summed E-state index contributed by atoms with van der Waals surface area (Å²) >= 11 is 0. The molecule has 1 aromatic rings. The summed E-state index contributed by atoms with van der Waals surface area (Å²) in [5.74, 6) is 0. The van der Waals surface area contributed by atoms with Crippen LogP contribution in [0.15, 0.2) is 29.3 Å². The van der Waals surface area contributed by atoms with Gasteiger partial charge in [0.05, 0.1) is 5.69 Å². The van der Waals surface area contributed by atoms with Crippen LogP contribution in [0.3, 0.4) is 0 Å². The summed E-state index contributed by atoms with van der Waals surface area (Å²) in [5.41, 5.74) is 1.33. The second-order valence-electron chi connectivity index (χ2n) is 5.44. The van der Waals surface area contributed by atoms with Crippen molar-refractivity contribution in [2.75, 3.05) is 0 Å². The first-order valence-corrected chi connectivity index (χ1v) is 5.84. The molecule has 0 radical (unpaired) electrons. The molecule has 1 heterocycles. The maximum absolute atomic E-state index is 5.73. The molecule has 0 saturated carbocycles. The number of aliphatic imine (C=N–C) groups is 1. The molecule has 3 nitrogen and oxygen atoms in total. The van der Waals surface area contributed by atoms with Gasteiger partial charge in [0.2, 0.25) is 0 Å². The molecule has 0 unspecified atom stereocenters. The molecule has 0 bridgehead atoms. The largest absolute Gasteiger partial charge is 0.440 e. The van der Waals surface area contributed by atoms with Crippen LogP contribution in [0.25, 0.3) is 0 Å². The van der Waals surface area contributed by atoms with Crippen molar-refractivity contribution in [3.8, 4) is 0 Å². The van der Waals surface area contributed by atoms with Gasteiger partial charge in [0.25, 0.3) is 0 Å². The Morgan fingerprint density at radius 2 is 1.35 bits per heavy atom. The minimum atomic E-state index is -0.365. The van der Waals surface area contributed by atoms with E-state index in [9.17, 15) is 0 Å². The second-order valence-corrected chi connectivity index (χ2v) is 5.44. The first-order valence-electron chi connectivity index (χ1n) is 5.84. The summed E-state index contributed by atoms with van der Waals surface area (Å²) in [5, 5.41) is 0. The smallest absolute Gasteiger partial charge is 0.390 e. The maximum atomic E-state index is 5.73. The van der Waals surface area contributed by atoms with Gasteiger partial charge in [-0.15, -0.1) is 0 Å². The van der Waals surface area contributed by atoms with Crippen LogP contribution >= 0.6 is 0 Å². The van der Waals surface area contributed by atoms with Crippen molar-refractivity contribution in [1.82, 2.24) is 0 Å². The predicted octanol–water partition coefficient (Wildman–Crippen LogP) is 3.59. The van der Waals surface area contributed by atoms with E-state index in [1.807, 2.05) is 58.9 Å². The Labute approximate surface area is 102 Å². The van der Waals surface area contributed by atoms with E-state index in [1.165, 1.54) is 5.56 Å². The van der Waals surface area contributed by atoms with Gasteiger partial charge >= 0.3 is 6.08 Å². The Bertz CT molecular complexity index is 426. The third kappa shape index (κ3) is 2.28. The summed E-state index contributed by atoms with van der Waals surface area (Å²) in [6.07, 6.45) is 0.351. The first-order chi connectivity index (χ1) is 7.80. The quantitative estimate of drug-likeness (QED) is 0.742. The van der Waals surface area contributed by atoms with Crippen molar-refractivity contribution in [3.63, 3.8) is 0 Å². The number of rotatable bonds is 1. The van der Waals surface area contributed by atoms with Crippen molar-refractivity contribution < 1.29 is 9.47 Å². The highest BCUT2D eigenvalue weighted by Gasteiger charge is 2.49. The van der Waals surface area contributed by atoms with Crippen molar-refractivity contribution in [1.29, 1.82) is 0 Å². The van der Waals surface area contributed by atoms with Crippen LogP contribution in [0.2, 0.25) is 0 Å². The summed E-state index contributed by atoms with van der Waals surface area (Å²) in [6, 6.07) is 7.94. The molecule has 3 heteroatoms. The van der Waals surface area contributed by atoms with E-state index >= 15 is 0 Å². The number of ether oxygens (including phenoxy) is 2. The summed E-state index contributed by atoms with van der Waals surface area (Å²) in [4.78, 5) is 4.36. The van der Waals surface area contributed by atoms with Crippen molar-refractivity contribution >= 4 is 11.8 Å². The number of hydrogen-bond acceptors (Lipinski definition) is 3. The second kappa shape index (κ2) is 3.76. The standard InChI is InChI=1S/C14H19NO2/c1-10-6-8-11(9-7-10)15-12-16-13(2,3)14(4,5)17-12/h6-9H,1-5H3. The lowest BCUT2D eigenvalue weighted by molar-refractivity contribution is 0.00578. The minimum absolute atomic E-state index is 0.351. The van der Waals surface area contributed by atoms with Gasteiger partial charge in [-0.05, 0) is 46.8 Å². The van der Waals surface area contributed by atoms with E-state index in [1.54, 1.807) is 0 Å². The topological polar surface area (TPSA) is 30.8 Å². The fraction of sp³-hybridized carbons (Fsp3) is 0.500. The fourth-order valence-electron chi connectivity index (χ4n) is 1.47. The third-order valence-corrected chi connectivity index (χ3v) is 3.39. The lowest BCUT2D eigenvalue weighted by Crippen LogP contribution is -2.41. The maximum Gasteiger partial charge on any atom is 0.390 e. The zero-order chi connectivity index (χ0) is 12.7. The van der Waals surface area contributed by atoms with Crippen LogP contribution in [-0.4, -0.2) is 17.3 Å². The van der Waals surface area contributed by atoms with Gasteiger partial charge in [0, 0.05) is 0 Å². The SMILES string of the molecule is Cc1ccc(N=C2OC(C)(C)C(C)(C)O2)cc1. The minimum Gasteiger partial charge on any atom is -0.440 e. The van der Waals surface area contributed by atoms with E-state index in [0.717, 1.165) is 5.69 Å². The average Bonchev–Trinajstić information content (AvgIpc) is 2.39. The number of benzene rings is 1. The van der Waals surface area contributed by atoms with E-state index in [4.69, 9.17) is 9.47 Å². The predicted molar refractivity (Wildman–Crippen MR) is 68.6 cm³/mol. The van der Waals surface area contributed by atoms with Crippen LogP contribution in [0, 0.1) is 6.92 Å². The van der Waals surface area contributed by atoms with E-state index in [-0.39, 0.29) is 11.2 Å². The highest BCUT2D eigenvalue weighted by atomic mass is 16.7. The number of nitrogens with zero attached hydrogens (tertiary/aromatic N) is 1. The molecule has 0 aromatic heterocycles. The fourth-order valence-corrected chi connectivity index (χ4v) is 1.47. The van der Waals surface area contributed by atoms with Crippen molar-refractivity contribution in [2.45, 2.75) is 45.8 Å². The summed E-state index contributed by atoms with van der Waals surface area (Å²) in [7, 11) is 0. The molecule has 1 aliphatic heterocycles. The zero-order valence-electron chi connectivity index (χ0n) is 11.1. The molecule has 0 N–H and O–H groups in total. The van der Waals surface area contributed by atoms with Crippen LogP contribution in [-0.2, 0) is 9.47 Å². The third-order valence-electron chi connectivity index (χ3n) is 3.39. The highest BCUT2D eigenvalue weighted by Crippen LogP contribution is 2.36. The van der Waals surface area contributed by atoms with Gasteiger partial charge < -0.3 is 9.47 Å². The van der Waals surface area contributed by atoms with E-state index in [2.05, 4.69) is 4.99 Å². The normalized spacial score (nSPS) is 20.6. The average molecular weight is 233 g/mol. The van der Waals surface area contributed by atoms with Crippen LogP contribution in [0.1, 0.15) is 33.3 Å². The Morgan fingerprint density at radius 3 is 1.82 bits per heavy atom. The molecule has 1 aliphatic rings. The monoisotopic (exact) mass is 233 g/mol. The zero-order valence-corrected chi connectivity index (χ0v) is 11.1. The number of aryl methyl sites for hydroxylation is 1. The van der Waals surface area contributed by atoms with Gasteiger partial charge in [0.15, 0.2) is 0 Å². The first kappa shape index (κ1) is 12.0. The van der Waals surface area contributed by atoms with E-state index < -0.39 is 0 Å². The Hall–Kier alpha value is -1.51. The Morgan fingerprint density at radius 1 is 0.882 bits per heavy atom. The molecule has 0 spiro atoms. The van der Waals surface area contributed by atoms with Gasteiger partial charge in [-0.1, -0.05) is 17.7 Å². The Kier molecular flexibility index (Phi) is 2.64. The molecule has 92 valence electrons. The highest BCUT2D eigenvalue weighted by molar-refractivity contribution is 5.74. The van der Waals surface area contributed by atoms with Crippen LogP contribution < -0.4 is 0 Å². The van der Waals surface area contributed by atoms with Crippen LogP contribution in [0.5, 0.6) is 0 Å². The van der Waals surface area contributed by atoms with Gasteiger partial charge in [-0.3, -0.25) is 0 Å². The molecular weight excluding hydrogens is 214 g/mol. The molecular formula is C14H19NO2. The Balaban J connectivity index is 2.23. The van der Waals surface area contributed by atoms with Crippen LogP contribution in [0.4, 0.5) is 5.69 Å². The number of hydrogen-bond donors (Lipinski definition) is 0. The van der Waals surface area contributed by atoms with Crippen molar-refractivity contribution in [2.24, 2.45) is 4.99 Å². The molecule has 0 amide bonds. The molecule has 17 heavy (non-hydrogen) atoms. The van der Waals surface area contributed by atoms with E-state index in [0.29, 0.717) is 6.08 Å². The molecule has 2 rings (SSSR count). The molecule has 1 saturated heterocycles. The molecule has 1 fully saturated rings.